The molecule has 27 heavy (non-hydrogen) atoms. The largest absolute Gasteiger partial charge is 0.463 e. The summed E-state index contributed by atoms with van der Waals surface area (Å²) in [4.78, 5) is 13.2. The van der Waals surface area contributed by atoms with Crippen LogP contribution in [0, 0.1) is 0 Å². The van der Waals surface area contributed by atoms with Gasteiger partial charge in [0.25, 0.3) is 0 Å². The topological polar surface area (TPSA) is 29.5 Å². The summed E-state index contributed by atoms with van der Waals surface area (Å²) >= 11 is 0. The Morgan fingerprint density at radius 2 is 1.00 bits per heavy atom. The first-order valence-corrected chi connectivity index (χ1v) is 11.6. The van der Waals surface area contributed by atoms with Gasteiger partial charge < -0.3 is 9.64 Å². The van der Waals surface area contributed by atoms with Crippen molar-refractivity contribution in [3.05, 3.63) is 12.7 Å². The maximum absolute atomic E-state index is 10.9. The third-order valence-electron chi connectivity index (χ3n) is 5.16. The Morgan fingerprint density at radius 3 is 1.33 bits per heavy atom. The number of hydrogen-bond acceptors (Lipinski definition) is 3. The number of carbonyl (C=O) groups excluding carboxylic acids is 1. The molecule has 0 radical (unpaired) electrons. The second-order valence-corrected chi connectivity index (χ2v) is 8.19. The van der Waals surface area contributed by atoms with Crippen molar-refractivity contribution < 1.29 is 9.53 Å². The summed E-state index contributed by atoms with van der Waals surface area (Å²) in [6, 6.07) is 0. The fourth-order valence-electron chi connectivity index (χ4n) is 3.41. The SMILES string of the molecule is C=CC(=O)OCCCCCCCCCCCCCCCCCCCN(C)C. The van der Waals surface area contributed by atoms with Crippen molar-refractivity contribution in [2.24, 2.45) is 0 Å². The van der Waals surface area contributed by atoms with Gasteiger partial charge in [-0.25, -0.2) is 4.79 Å². The molecule has 3 heteroatoms. The molecule has 0 N–H and O–H groups in total. The highest BCUT2D eigenvalue weighted by Crippen LogP contribution is 2.14. The molecule has 0 saturated carbocycles. The number of hydrogen-bond donors (Lipinski definition) is 0. The van der Waals surface area contributed by atoms with Crippen LogP contribution in [0.4, 0.5) is 0 Å². The van der Waals surface area contributed by atoms with Crippen molar-refractivity contribution in [2.75, 3.05) is 27.2 Å². The van der Waals surface area contributed by atoms with Crippen LogP contribution in [0.15, 0.2) is 12.7 Å². The number of esters is 1. The van der Waals surface area contributed by atoms with E-state index in [9.17, 15) is 4.79 Å². The molecule has 0 amide bonds. The maximum atomic E-state index is 10.9. The predicted octanol–water partition coefficient (Wildman–Crippen LogP) is 6.91. The Hall–Kier alpha value is -0.830. The van der Waals surface area contributed by atoms with Crippen LogP contribution >= 0.6 is 0 Å². The smallest absolute Gasteiger partial charge is 0.330 e. The second-order valence-electron chi connectivity index (χ2n) is 8.19. The molecule has 160 valence electrons. The third-order valence-corrected chi connectivity index (χ3v) is 5.16. The highest BCUT2D eigenvalue weighted by atomic mass is 16.5. The molecule has 0 heterocycles. The van der Waals surface area contributed by atoms with Crippen molar-refractivity contribution in [1.82, 2.24) is 4.90 Å². The van der Waals surface area contributed by atoms with Gasteiger partial charge in [-0.15, -0.1) is 0 Å². The highest BCUT2D eigenvalue weighted by Gasteiger charge is 1.97. The zero-order chi connectivity index (χ0) is 20.0. The van der Waals surface area contributed by atoms with Crippen molar-refractivity contribution in [3.63, 3.8) is 0 Å². The lowest BCUT2D eigenvalue weighted by molar-refractivity contribution is -0.137. The second kappa shape index (κ2) is 21.5. The van der Waals surface area contributed by atoms with E-state index in [4.69, 9.17) is 4.74 Å². The van der Waals surface area contributed by atoms with Crippen LogP contribution in [0.3, 0.4) is 0 Å². The van der Waals surface area contributed by atoms with Crippen molar-refractivity contribution in [2.45, 2.75) is 109 Å². The average molecular weight is 382 g/mol. The van der Waals surface area contributed by atoms with Crippen LogP contribution in [0.1, 0.15) is 109 Å². The fourth-order valence-corrected chi connectivity index (χ4v) is 3.41. The van der Waals surface area contributed by atoms with Gasteiger partial charge in [-0.05, 0) is 33.5 Å². The Morgan fingerprint density at radius 1 is 0.667 bits per heavy atom. The molecule has 0 aromatic carbocycles. The van der Waals surface area contributed by atoms with Gasteiger partial charge in [0.15, 0.2) is 0 Å². The van der Waals surface area contributed by atoms with Crippen LogP contribution in [0.2, 0.25) is 0 Å². The molecule has 0 atom stereocenters. The first kappa shape index (κ1) is 26.2. The average Bonchev–Trinajstić information content (AvgIpc) is 2.65. The molecule has 0 unspecified atom stereocenters. The van der Waals surface area contributed by atoms with Crippen LogP contribution in [-0.4, -0.2) is 38.1 Å². The van der Waals surface area contributed by atoms with Crippen LogP contribution in [-0.2, 0) is 9.53 Å². The van der Waals surface area contributed by atoms with Crippen LogP contribution in [0.25, 0.3) is 0 Å². The summed E-state index contributed by atoms with van der Waals surface area (Å²) in [6.45, 7) is 5.18. The van der Waals surface area contributed by atoms with E-state index in [0.29, 0.717) is 6.61 Å². The Bertz CT molecular complexity index is 328. The molecule has 0 aromatic rings. The number of unbranched alkanes of at least 4 members (excludes halogenated alkanes) is 16. The lowest BCUT2D eigenvalue weighted by Gasteiger charge is -2.08. The summed E-state index contributed by atoms with van der Waals surface area (Å²) in [5, 5.41) is 0. The van der Waals surface area contributed by atoms with Gasteiger partial charge in [-0.2, -0.15) is 0 Å². The summed E-state index contributed by atoms with van der Waals surface area (Å²) < 4.78 is 4.97. The fraction of sp³-hybridized carbons (Fsp3) is 0.875. The summed E-state index contributed by atoms with van der Waals surface area (Å²) in [7, 11) is 4.32. The minimum absolute atomic E-state index is 0.300. The summed E-state index contributed by atoms with van der Waals surface area (Å²) in [5.41, 5.74) is 0. The van der Waals surface area contributed by atoms with Gasteiger partial charge in [0.05, 0.1) is 6.61 Å². The van der Waals surface area contributed by atoms with E-state index in [-0.39, 0.29) is 5.97 Å². The first-order chi connectivity index (χ1) is 13.2. The van der Waals surface area contributed by atoms with E-state index >= 15 is 0 Å². The van der Waals surface area contributed by atoms with Crippen LogP contribution in [0.5, 0.6) is 0 Å². The normalized spacial score (nSPS) is 11.1. The van der Waals surface area contributed by atoms with Gasteiger partial charge >= 0.3 is 5.97 Å². The van der Waals surface area contributed by atoms with Crippen molar-refractivity contribution in [3.8, 4) is 0 Å². The van der Waals surface area contributed by atoms with E-state index in [1.54, 1.807) is 0 Å². The Labute approximate surface area is 169 Å². The van der Waals surface area contributed by atoms with E-state index in [0.717, 1.165) is 6.42 Å². The van der Waals surface area contributed by atoms with Crippen LogP contribution < -0.4 is 0 Å². The van der Waals surface area contributed by atoms with E-state index in [1.807, 2.05) is 0 Å². The molecular formula is C24H47NO2. The van der Waals surface area contributed by atoms with Gasteiger partial charge in [0.2, 0.25) is 0 Å². The van der Waals surface area contributed by atoms with E-state index < -0.39 is 0 Å². The quantitative estimate of drug-likeness (QED) is 0.123. The molecule has 0 saturated heterocycles. The molecule has 0 aliphatic heterocycles. The standard InChI is InChI=1S/C24H47NO2/c1-4-24(26)27-23-21-19-17-15-13-11-9-7-5-6-8-10-12-14-16-18-20-22-25(2)3/h4H,1,5-23H2,2-3H3. The molecule has 0 aliphatic rings. The summed E-state index contributed by atoms with van der Waals surface area (Å²) in [6.07, 6.45) is 24.3. The molecule has 0 aliphatic carbocycles. The van der Waals surface area contributed by atoms with Gasteiger partial charge in [-0.1, -0.05) is 103 Å². The number of carbonyl (C=O) groups is 1. The lowest BCUT2D eigenvalue weighted by Crippen LogP contribution is -2.12. The molecule has 0 rings (SSSR count). The molecule has 0 aromatic heterocycles. The van der Waals surface area contributed by atoms with Crippen molar-refractivity contribution in [1.29, 1.82) is 0 Å². The molecule has 3 nitrogen and oxygen atoms in total. The number of rotatable bonds is 21. The number of ether oxygens (including phenoxy) is 1. The Balaban J connectivity index is 3.03. The lowest BCUT2D eigenvalue weighted by atomic mass is 10.0. The third kappa shape index (κ3) is 23.1. The highest BCUT2D eigenvalue weighted by molar-refractivity contribution is 5.81. The van der Waals surface area contributed by atoms with Gasteiger partial charge in [-0.3, -0.25) is 0 Å². The van der Waals surface area contributed by atoms with Crippen molar-refractivity contribution >= 4 is 5.97 Å². The zero-order valence-electron chi connectivity index (χ0n) is 18.5. The predicted molar refractivity (Wildman–Crippen MR) is 118 cm³/mol. The number of nitrogens with zero attached hydrogens (tertiary/aromatic N) is 1. The maximum Gasteiger partial charge on any atom is 0.330 e. The van der Waals surface area contributed by atoms with E-state index in [1.165, 1.54) is 115 Å². The minimum atomic E-state index is -0.300. The summed E-state index contributed by atoms with van der Waals surface area (Å²) in [5.74, 6) is -0.300. The molecule has 0 bridgehead atoms. The monoisotopic (exact) mass is 381 g/mol. The zero-order valence-corrected chi connectivity index (χ0v) is 18.5. The Kier molecular flexibility index (Phi) is 20.8. The van der Waals surface area contributed by atoms with Gasteiger partial charge in [0, 0.05) is 6.08 Å². The minimum Gasteiger partial charge on any atom is -0.463 e. The molecular weight excluding hydrogens is 334 g/mol. The molecule has 0 fully saturated rings. The van der Waals surface area contributed by atoms with Gasteiger partial charge in [0.1, 0.15) is 0 Å². The first-order valence-electron chi connectivity index (χ1n) is 11.6. The van der Waals surface area contributed by atoms with E-state index in [2.05, 4.69) is 25.6 Å². The molecule has 0 spiro atoms.